The summed E-state index contributed by atoms with van der Waals surface area (Å²) >= 11 is 0. The van der Waals surface area contributed by atoms with Crippen LogP contribution in [0.4, 0.5) is 4.39 Å². The minimum Gasteiger partial charge on any atom is -0.464 e. The van der Waals surface area contributed by atoms with Crippen molar-refractivity contribution in [3.63, 3.8) is 0 Å². The fraction of sp³-hybridized carbons (Fsp3) is 0. The number of hydrogen-bond donors (Lipinski definition) is 0. The van der Waals surface area contributed by atoms with E-state index in [1.54, 1.807) is 12.1 Å². The van der Waals surface area contributed by atoms with Gasteiger partial charge in [-0.25, -0.2) is 4.39 Å². The molecule has 1 nitrogen and oxygen atoms in total. The van der Waals surface area contributed by atoms with Crippen molar-refractivity contribution in [3.05, 3.63) is 42.8 Å². The Kier molecular flexibility index (Phi) is 1.22. The van der Waals surface area contributed by atoms with Crippen LogP contribution in [0.15, 0.2) is 28.9 Å². The molecule has 0 aliphatic rings. The molecule has 0 saturated heterocycles. The predicted molar refractivity (Wildman–Crippen MR) is 40.6 cm³/mol. The molecule has 0 bridgehead atoms. The lowest BCUT2D eigenvalue weighted by Gasteiger charge is -1.93. The van der Waals surface area contributed by atoms with E-state index in [9.17, 15) is 4.39 Å². The second kappa shape index (κ2) is 2.09. The zero-order valence-electron chi connectivity index (χ0n) is 5.80. The average molecular weight is 149 g/mol. The van der Waals surface area contributed by atoms with E-state index in [4.69, 9.17) is 4.42 Å². The number of rotatable bonds is 0. The molecule has 1 radical (unpaired) electrons. The molecule has 2 rings (SSSR count). The molecule has 0 fully saturated rings. The summed E-state index contributed by atoms with van der Waals surface area (Å²) < 4.78 is 17.9. The largest absolute Gasteiger partial charge is 0.464 e. The van der Waals surface area contributed by atoms with Gasteiger partial charge >= 0.3 is 0 Å². The summed E-state index contributed by atoms with van der Waals surface area (Å²) in [7, 11) is 0. The van der Waals surface area contributed by atoms with Crippen LogP contribution in [0.3, 0.4) is 0 Å². The van der Waals surface area contributed by atoms with Gasteiger partial charge in [0.05, 0.1) is 11.6 Å². The average Bonchev–Trinajstić information content (AvgIpc) is 2.45. The van der Waals surface area contributed by atoms with Gasteiger partial charge in [0.2, 0.25) is 0 Å². The van der Waals surface area contributed by atoms with Crippen LogP contribution in [-0.4, -0.2) is 0 Å². The zero-order chi connectivity index (χ0) is 7.84. The summed E-state index contributed by atoms with van der Waals surface area (Å²) in [6.07, 6.45) is 1.46. The van der Waals surface area contributed by atoms with Gasteiger partial charge in [0.15, 0.2) is 0 Å². The Hall–Kier alpha value is -1.31. The molecule has 11 heavy (non-hydrogen) atoms. The summed E-state index contributed by atoms with van der Waals surface area (Å²) in [5.41, 5.74) is 1.25. The van der Waals surface area contributed by atoms with Crippen molar-refractivity contribution in [2.24, 2.45) is 0 Å². The van der Waals surface area contributed by atoms with E-state index in [1.165, 1.54) is 12.3 Å². The van der Waals surface area contributed by atoms with Crippen molar-refractivity contribution in [2.75, 3.05) is 0 Å². The van der Waals surface area contributed by atoms with Crippen molar-refractivity contribution in [1.82, 2.24) is 0 Å². The van der Waals surface area contributed by atoms with Gasteiger partial charge in [-0.2, -0.15) is 0 Å². The highest BCUT2D eigenvalue weighted by molar-refractivity contribution is 5.81. The van der Waals surface area contributed by atoms with E-state index in [2.05, 4.69) is 6.92 Å². The maximum atomic E-state index is 12.9. The van der Waals surface area contributed by atoms with Gasteiger partial charge < -0.3 is 4.42 Å². The second-order valence-electron chi connectivity index (χ2n) is 2.37. The maximum absolute atomic E-state index is 12.9. The molecular formula is C9H6FO. The van der Waals surface area contributed by atoms with Gasteiger partial charge in [-0.1, -0.05) is 6.07 Å². The Morgan fingerprint density at radius 2 is 2.09 bits per heavy atom. The van der Waals surface area contributed by atoms with Crippen LogP contribution in [0.5, 0.6) is 0 Å². The summed E-state index contributed by atoms with van der Waals surface area (Å²) in [6, 6.07) is 4.58. The molecular weight excluding hydrogens is 143 g/mol. The molecule has 0 atom stereocenters. The summed E-state index contributed by atoms with van der Waals surface area (Å²) in [4.78, 5) is 0. The minimum atomic E-state index is -0.263. The Morgan fingerprint density at radius 3 is 2.82 bits per heavy atom. The van der Waals surface area contributed by atoms with E-state index in [0.29, 0.717) is 16.5 Å². The van der Waals surface area contributed by atoms with Crippen LogP contribution in [0.2, 0.25) is 0 Å². The monoisotopic (exact) mass is 149 g/mol. The second-order valence-corrected chi connectivity index (χ2v) is 2.37. The fourth-order valence-electron chi connectivity index (χ4n) is 1.09. The predicted octanol–water partition coefficient (Wildman–Crippen LogP) is 2.75. The Balaban J connectivity index is 2.96. The molecule has 0 aliphatic carbocycles. The van der Waals surface area contributed by atoms with Crippen LogP contribution in [-0.2, 0) is 0 Å². The minimum absolute atomic E-state index is 0.263. The highest BCUT2D eigenvalue weighted by atomic mass is 19.1. The summed E-state index contributed by atoms with van der Waals surface area (Å²) in [6.45, 7) is 3.70. The van der Waals surface area contributed by atoms with Crippen LogP contribution < -0.4 is 0 Å². The molecule has 2 aromatic rings. The molecule has 1 aromatic carbocycles. The smallest absolute Gasteiger partial charge is 0.139 e. The number of fused-ring (bicyclic) bond motifs is 1. The molecule has 1 aromatic heterocycles. The molecule has 0 aliphatic heterocycles. The first-order valence-corrected chi connectivity index (χ1v) is 3.27. The molecule has 0 spiro atoms. The van der Waals surface area contributed by atoms with Crippen LogP contribution >= 0.6 is 0 Å². The standard InChI is InChI=1S/C9H6FO/c1-6-2-3-8(10)7-4-5-11-9(6)7/h2-5H,1H2. The Bertz CT molecular complexity index is 353. The van der Waals surface area contributed by atoms with E-state index < -0.39 is 0 Å². The van der Waals surface area contributed by atoms with Crippen molar-refractivity contribution in [1.29, 1.82) is 0 Å². The van der Waals surface area contributed by atoms with Crippen molar-refractivity contribution < 1.29 is 8.81 Å². The lowest BCUT2D eigenvalue weighted by Crippen LogP contribution is -1.77. The van der Waals surface area contributed by atoms with Crippen molar-refractivity contribution >= 4 is 11.0 Å². The molecule has 0 saturated carbocycles. The highest BCUT2D eigenvalue weighted by Crippen LogP contribution is 2.21. The molecule has 0 unspecified atom stereocenters. The molecule has 0 N–H and O–H groups in total. The number of hydrogen-bond acceptors (Lipinski definition) is 1. The first kappa shape index (κ1) is 6.40. The van der Waals surface area contributed by atoms with Crippen molar-refractivity contribution in [2.45, 2.75) is 0 Å². The van der Waals surface area contributed by atoms with E-state index >= 15 is 0 Å². The van der Waals surface area contributed by atoms with Gasteiger partial charge in [-0.3, -0.25) is 0 Å². The summed E-state index contributed by atoms with van der Waals surface area (Å²) in [5.74, 6) is -0.263. The number of halogens is 1. The normalized spacial score (nSPS) is 10.7. The first-order chi connectivity index (χ1) is 5.29. The summed E-state index contributed by atoms with van der Waals surface area (Å²) in [5, 5.41) is 0.498. The molecule has 0 amide bonds. The first-order valence-electron chi connectivity index (χ1n) is 3.27. The van der Waals surface area contributed by atoms with Crippen molar-refractivity contribution in [3.8, 4) is 0 Å². The molecule has 1 heterocycles. The third-order valence-corrected chi connectivity index (χ3v) is 1.65. The third kappa shape index (κ3) is 0.827. The van der Waals surface area contributed by atoms with Crippen LogP contribution in [0, 0.1) is 12.7 Å². The Labute approximate surface area is 63.4 Å². The van der Waals surface area contributed by atoms with E-state index in [1.807, 2.05) is 0 Å². The highest BCUT2D eigenvalue weighted by Gasteiger charge is 2.04. The van der Waals surface area contributed by atoms with Gasteiger partial charge in [0.25, 0.3) is 0 Å². The van der Waals surface area contributed by atoms with Gasteiger partial charge in [0, 0.05) is 0 Å². The zero-order valence-corrected chi connectivity index (χ0v) is 5.80. The van der Waals surface area contributed by atoms with Gasteiger partial charge in [-0.05, 0) is 24.6 Å². The maximum Gasteiger partial charge on any atom is 0.139 e. The van der Waals surface area contributed by atoms with Crippen LogP contribution in [0.25, 0.3) is 11.0 Å². The lowest BCUT2D eigenvalue weighted by molar-refractivity contribution is 0.609. The van der Waals surface area contributed by atoms with Gasteiger partial charge in [0.1, 0.15) is 11.4 Å². The van der Waals surface area contributed by atoms with E-state index in [-0.39, 0.29) is 5.82 Å². The number of furan rings is 1. The van der Waals surface area contributed by atoms with Gasteiger partial charge in [-0.15, -0.1) is 0 Å². The third-order valence-electron chi connectivity index (χ3n) is 1.65. The topological polar surface area (TPSA) is 13.1 Å². The quantitative estimate of drug-likeness (QED) is 0.561. The number of benzene rings is 1. The van der Waals surface area contributed by atoms with Crippen LogP contribution in [0.1, 0.15) is 5.56 Å². The SMILES string of the molecule is [CH2]c1ccc(F)c2ccoc12. The fourth-order valence-corrected chi connectivity index (χ4v) is 1.09. The molecule has 55 valence electrons. The van der Waals surface area contributed by atoms with E-state index in [0.717, 1.165) is 0 Å². The Morgan fingerprint density at radius 1 is 1.27 bits per heavy atom. The lowest BCUT2D eigenvalue weighted by atomic mass is 10.2. The molecule has 2 heteroatoms.